The van der Waals surface area contributed by atoms with Crippen LogP contribution in [0.5, 0.6) is 0 Å². The first kappa shape index (κ1) is 17.8. The zero-order valence-electron chi connectivity index (χ0n) is 14.4. The van der Waals surface area contributed by atoms with E-state index in [1.165, 1.54) is 11.1 Å². The zero-order valence-corrected chi connectivity index (χ0v) is 14.4. The van der Waals surface area contributed by atoms with Crippen molar-refractivity contribution in [1.29, 1.82) is 0 Å². The Hall–Kier alpha value is -1.59. The number of urea groups is 1. The number of aliphatic hydroxyl groups is 1. The molecule has 5 nitrogen and oxygen atoms in total. The Balaban J connectivity index is 1.96. The Kier molecular flexibility index (Phi) is 6.02. The third-order valence-corrected chi connectivity index (χ3v) is 4.87. The summed E-state index contributed by atoms with van der Waals surface area (Å²) in [5.41, 5.74) is 2.01. The van der Waals surface area contributed by atoms with Crippen molar-refractivity contribution in [2.24, 2.45) is 0 Å². The van der Waals surface area contributed by atoms with Crippen LogP contribution in [0, 0.1) is 6.92 Å². The lowest BCUT2D eigenvalue weighted by atomic mass is 9.99. The van der Waals surface area contributed by atoms with E-state index >= 15 is 0 Å². The fraction of sp³-hybridized carbons (Fsp3) is 0.611. The fourth-order valence-electron chi connectivity index (χ4n) is 3.38. The molecule has 0 aliphatic heterocycles. The van der Waals surface area contributed by atoms with Gasteiger partial charge in [-0.05, 0) is 45.0 Å². The van der Waals surface area contributed by atoms with Crippen LogP contribution in [0.2, 0.25) is 0 Å². The molecule has 0 radical (unpaired) electrons. The van der Waals surface area contributed by atoms with E-state index in [1.807, 2.05) is 26.2 Å². The summed E-state index contributed by atoms with van der Waals surface area (Å²) < 4.78 is 0. The van der Waals surface area contributed by atoms with Gasteiger partial charge in [0.05, 0.1) is 18.2 Å². The molecule has 2 rings (SSSR count). The Morgan fingerprint density at radius 2 is 1.96 bits per heavy atom. The Bertz CT molecular complexity index is 525. The van der Waals surface area contributed by atoms with Gasteiger partial charge < -0.3 is 20.6 Å². The van der Waals surface area contributed by atoms with Crippen LogP contribution in [-0.4, -0.2) is 48.8 Å². The molecule has 0 spiro atoms. The highest BCUT2D eigenvalue weighted by atomic mass is 16.3. The van der Waals surface area contributed by atoms with Crippen LogP contribution < -0.4 is 10.6 Å². The number of likely N-dealkylation sites (N-methyl/N-ethyl adjacent to an activating group) is 1. The van der Waals surface area contributed by atoms with Gasteiger partial charge in [0, 0.05) is 6.54 Å². The van der Waals surface area contributed by atoms with E-state index < -0.39 is 5.54 Å². The van der Waals surface area contributed by atoms with Crippen LogP contribution in [0.25, 0.3) is 0 Å². The molecule has 1 aliphatic carbocycles. The van der Waals surface area contributed by atoms with Crippen molar-refractivity contribution >= 4 is 6.03 Å². The molecular formula is C18H29N3O2. The van der Waals surface area contributed by atoms with Crippen LogP contribution in [0.3, 0.4) is 0 Å². The summed E-state index contributed by atoms with van der Waals surface area (Å²) in [5, 5.41) is 15.6. The first-order valence-corrected chi connectivity index (χ1v) is 8.36. The maximum Gasteiger partial charge on any atom is 0.315 e. The van der Waals surface area contributed by atoms with Gasteiger partial charge in [-0.3, -0.25) is 0 Å². The molecule has 0 unspecified atom stereocenters. The SMILES string of the molecule is Cc1ccccc1[C@@H](CNC(=O)NC1(CO)CCCC1)N(C)C. The predicted molar refractivity (Wildman–Crippen MR) is 92.4 cm³/mol. The van der Waals surface area contributed by atoms with Crippen LogP contribution in [0.15, 0.2) is 24.3 Å². The van der Waals surface area contributed by atoms with Gasteiger partial charge in [0.2, 0.25) is 0 Å². The second kappa shape index (κ2) is 7.79. The standard InChI is InChI=1S/C18H29N3O2/c1-14-8-4-5-9-15(14)16(21(2)3)12-19-17(23)20-18(13-22)10-6-7-11-18/h4-5,8-9,16,22H,6-7,10-13H2,1-3H3,(H2,19,20,23)/t16-/m1/s1. The number of nitrogens with one attached hydrogen (secondary N) is 2. The van der Waals surface area contributed by atoms with Crippen LogP contribution in [0.1, 0.15) is 42.9 Å². The predicted octanol–water partition coefficient (Wildman–Crippen LogP) is 2.20. The first-order chi connectivity index (χ1) is 11.0. The minimum atomic E-state index is -0.430. The van der Waals surface area contributed by atoms with E-state index in [2.05, 4.69) is 34.6 Å². The van der Waals surface area contributed by atoms with E-state index in [9.17, 15) is 9.90 Å². The van der Waals surface area contributed by atoms with Gasteiger partial charge in [-0.15, -0.1) is 0 Å². The lowest BCUT2D eigenvalue weighted by molar-refractivity contribution is 0.161. The van der Waals surface area contributed by atoms with E-state index in [0.29, 0.717) is 6.54 Å². The first-order valence-electron chi connectivity index (χ1n) is 8.36. The average Bonchev–Trinajstić information content (AvgIpc) is 2.98. The number of aryl methyl sites for hydroxylation is 1. The summed E-state index contributed by atoms with van der Waals surface area (Å²) in [6.45, 7) is 2.63. The van der Waals surface area contributed by atoms with E-state index in [1.54, 1.807) is 0 Å². The molecule has 3 N–H and O–H groups in total. The molecule has 2 amide bonds. The number of carbonyl (C=O) groups is 1. The number of nitrogens with zero attached hydrogens (tertiary/aromatic N) is 1. The van der Waals surface area contributed by atoms with Gasteiger partial charge in [-0.2, -0.15) is 0 Å². The highest BCUT2D eigenvalue weighted by Crippen LogP contribution is 2.29. The van der Waals surface area contributed by atoms with Gasteiger partial charge in [0.1, 0.15) is 0 Å². The van der Waals surface area contributed by atoms with Crippen molar-refractivity contribution in [3.8, 4) is 0 Å². The maximum absolute atomic E-state index is 12.3. The van der Waals surface area contributed by atoms with Crippen molar-refractivity contribution < 1.29 is 9.90 Å². The van der Waals surface area contributed by atoms with Crippen molar-refractivity contribution in [1.82, 2.24) is 15.5 Å². The molecular weight excluding hydrogens is 290 g/mol. The third kappa shape index (κ3) is 4.45. The second-order valence-electron chi connectivity index (χ2n) is 6.82. The molecule has 1 atom stereocenters. The number of carbonyl (C=O) groups excluding carboxylic acids is 1. The lowest BCUT2D eigenvalue weighted by Crippen LogP contribution is -2.53. The zero-order chi connectivity index (χ0) is 16.9. The molecule has 1 fully saturated rings. The minimum absolute atomic E-state index is 0.00925. The van der Waals surface area contributed by atoms with Crippen LogP contribution >= 0.6 is 0 Å². The highest BCUT2D eigenvalue weighted by molar-refractivity contribution is 5.75. The second-order valence-corrected chi connectivity index (χ2v) is 6.82. The summed E-state index contributed by atoms with van der Waals surface area (Å²) in [7, 11) is 4.03. The number of benzene rings is 1. The molecule has 0 saturated heterocycles. The normalized spacial score (nSPS) is 18.0. The Labute approximate surface area is 139 Å². The summed E-state index contributed by atoms with van der Waals surface area (Å²) in [6.07, 6.45) is 3.83. The summed E-state index contributed by atoms with van der Waals surface area (Å²) in [4.78, 5) is 14.4. The molecule has 0 bridgehead atoms. The van der Waals surface area contributed by atoms with Crippen LogP contribution in [0.4, 0.5) is 4.79 Å². The third-order valence-electron chi connectivity index (χ3n) is 4.87. The largest absolute Gasteiger partial charge is 0.394 e. The smallest absolute Gasteiger partial charge is 0.315 e. The Morgan fingerprint density at radius 1 is 1.30 bits per heavy atom. The molecule has 0 heterocycles. The number of hydrogen-bond acceptors (Lipinski definition) is 3. The quantitative estimate of drug-likeness (QED) is 0.753. The molecule has 128 valence electrons. The Morgan fingerprint density at radius 3 is 2.52 bits per heavy atom. The summed E-state index contributed by atoms with van der Waals surface area (Å²) in [6, 6.07) is 8.17. The van der Waals surface area contributed by atoms with E-state index in [-0.39, 0.29) is 18.7 Å². The maximum atomic E-state index is 12.3. The van der Waals surface area contributed by atoms with Crippen LogP contribution in [-0.2, 0) is 0 Å². The van der Waals surface area contributed by atoms with E-state index in [0.717, 1.165) is 25.7 Å². The molecule has 0 aromatic heterocycles. The fourth-order valence-corrected chi connectivity index (χ4v) is 3.38. The van der Waals surface area contributed by atoms with Gasteiger partial charge in [0.25, 0.3) is 0 Å². The number of amides is 2. The number of rotatable bonds is 6. The monoisotopic (exact) mass is 319 g/mol. The van der Waals surface area contributed by atoms with Crippen molar-refractivity contribution in [3.63, 3.8) is 0 Å². The topological polar surface area (TPSA) is 64.6 Å². The number of hydrogen-bond donors (Lipinski definition) is 3. The summed E-state index contributed by atoms with van der Waals surface area (Å²) in [5.74, 6) is 0. The molecule has 5 heteroatoms. The van der Waals surface area contributed by atoms with Crippen molar-refractivity contribution in [3.05, 3.63) is 35.4 Å². The van der Waals surface area contributed by atoms with Gasteiger partial charge in [-0.1, -0.05) is 37.1 Å². The van der Waals surface area contributed by atoms with E-state index in [4.69, 9.17) is 0 Å². The lowest BCUT2D eigenvalue weighted by Gasteiger charge is -2.30. The average molecular weight is 319 g/mol. The molecule has 23 heavy (non-hydrogen) atoms. The number of aliphatic hydroxyl groups excluding tert-OH is 1. The van der Waals surface area contributed by atoms with Gasteiger partial charge >= 0.3 is 6.03 Å². The summed E-state index contributed by atoms with van der Waals surface area (Å²) >= 11 is 0. The molecule has 1 aliphatic rings. The molecule has 1 aromatic rings. The van der Waals surface area contributed by atoms with Gasteiger partial charge in [0.15, 0.2) is 0 Å². The molecule has 1 aromatic carbocycles. The van der Waals surface area contributed by atoms with Crippen molar-refractivity contribution in [2.45, 2.75) is 44.2 Å². The molecule has 1 saturated carbocycles. The minimum Gasteiger partial charge on any atom is -0.394 e. The van der Waals surface area contributed by atoms with Gasteiger partial charge in [-0.25, -0.2) is 4.79 Å². The highest BCUT2D eigenvalue weighted by Gasteiger charge is 2.34. The van der Waals surface area contributed by atoms with Crippen molar-refractivity contribution in [2.75, 3.05) is 27.2 Å².